The van der Waals surface area contributed by atoms with Gasteiger partial charge in [0.05, 0.1) is 6.10 Å². The molecule has 15 heavy (non-hydrogen) atoms. The molecule has 0 aliphatic heterocycles. The van der Waals surface area contributed by atoms with Gasteiger partial charge in [-0.25, -0.2) is 0 Å². The zero-order valence-electron chi connectivity index (χ0n) is 9.40. The van der Waals surface area contributed by atoms with Crippen LogP contribution >= 0.6 is 0 Å². The zero-order valence-corrected chi connectivity index (χ0v) is 9.40. The Labute approximate surface area is 91.2 Å². The SMILES string of the molecule is COC(CCN)COc1cccc(C)c1. The second-order valence-corrected chi connectivity index (χ2v) is 3.56. The molecule has 0 fully saturated rings. The maximum absolute atomic E-state index is 5.61. The minimum absolute atomic E-state index is 0.0792. The Kier molecular flexibility index (Phi) is 5.15. The normalized spacial score (nSPS) is 12.5. The molecule has 0 bridgehead atoms. The summed E-state index contributed by atoms with van der Waals surface area (Å²) in [6.07, 6.45) is 0.901. The molecule has 1 aromatic rings. The van der Waals surface area contributed by atoms with E-state index in [1.54, 1.807) is 7.11 Å². The number of rotatable bonds is 6. The Morgan fingerprint density at radius 2 is 2.20 bits per heavy atom. The quantitative estimate of drug-likeness (QED) is 0.776. The first-order valence-electron chi connectivity index (χ1n) is 5.18. The Hall–Kier alpha value is -1.06. The number of nitrogens with two attached hydrogens (primary N) is 1. The minimum atomic E-state index is 0.0792. The van der Waals surface area contributed by atoms with Crippen LogP contribution < -0.4 is 10.5 Å². The van der Waals surface area contributed by atoms with Gasteiger partial charge < -0.3 is 15.2 Å². The average molecular weight is 209 g/mol. The molecule has 1 aromatic carbocycles. The van der Waals surface area contributed by atoms with Crippen molar-refractivity contribution in [3.63, 3.8) is 0 Å². The van der Waals surface area contributed by atoms with Crippen LogP contribution in [0.3, 0.4) is 0 Å². The van der Waals surface area contributed by atoms with Crippen LogP contribution in [0.15, 0.2) is 24.3 Å². The average Bonchev–Trinajstić information content (AvgIpc) is 2.24. The number of methoxy groups -OCH3 is 1. The van der Waals surface area contributed by atoms with E-state index in [2.05, 4.69) is 0 Å². The molecule has 0 aromatic heterocycles. The van der Waals surface area contributed by atoms with E-state index in [9.17, 15) is 0 Å². The Balaban J connectivity index is 2.41. The van der Waals surface area contributed by atoms with Crippen LogP contribution in [0.1, 0.15) is 12.0 Å². The van der Waals surface area contributed by atoms with E-state index in [-0.39, 0.29) is 6.10 Å². The van der Waals surface area contributed by atoms with Crippen LogP contribution in [0.5, 0.6) is 5.75 Å². The van der Waals surface area contributed by atoms with E-state index < -0.39 is 0 Å². The monoisotopic (exact) mass is 209 g/mol. The van der Waals surface area contributed by atoms with Gasteiger partial charge in [-0.1, -0.05) is 12.1 Å². The highest BCUT2D eigenvalue weighted by Crippen LogP contribution is 2.13. The molecule has 0 spiro atoms. The lowest BCUT2D eigenvalue weighted by Crippen LogP contribution is -2.23. The molecule has 1 atom stereocenters. The van der Waals surface area contributed by atoms with Gasteiger partial charge in [0.25, 0.3) is 0 Å². The van der Waals surface area contributed by atoms with Crippen molar-refractivity contribution in [1.82, 2.24) is 0 Å². The fourth-order valence-corrected chi connectivity index (χ4v) is 1.35. The third kappa shape index (κ3) is 4.32. The van der Waals surface area contributed by atoms with E-state index in [4.69, 9.17) is 15.2 Å². The standard InChI is InChI=1S/C12H19NO2/c1-10-4-3-5-11(8-10)15-9-12(14-2)6-7-13/h3-5,8,12H,6-7,9,13H2,1-2H3. The van der Waals surface area contributed by atoms with Gasteiger partial charge >= 0.3 is 0 Å². The molecule has 0 radical (unpaired) electrons. The summed E-state index contributed by atoms with van der Waals surface area (Å²) >= 11 is 0. The van der Waals surface area contributed by atoms with E-state index >= 15 is 0 Å². The molecule has 0 saturated carbocycles. The summed E-state index contributed by atoms with van der Waals surface area (Å²) in [6.45, 7) is 3.22. The lowest BCUT2D eigenvalue weighted by atomic mass is 10.2. The molecule has 0 amide bonds. The molecule has 0 heterocycles. The highest BCUT2D eigenvalue weighted by atomic mass is 16.5. The molecule has 3 nitrogen and oxygen atoms in total. The summed E-state index contributed by atoms with van der Waals surface area (Å²) in [4.78, 5) is 0. The van der Waals surface area contributed by atoms with Crippen LogP contribution in [0.2, 0.25) is 0 Å². The highest BCUT2D eigenvalue weighted by molar-refractivity contribution is 5.27. The first kappa shape index (κ1) is 12.0. The summed E-state index contributed by atoms with van der Waals surface area (Å²) < 4.78 is 10.8. The number of benzene rings is 1. The van der Waals surface area contributed by atoms with Crippen molar-refractivity contribution in [3.8, 4) is 5.75 Å². The molecule has 1 rings (SSSR count). The van der Waals surface area contributed by atoms with Gasteiger partial charge in [-0.2, -0.15) is 0 Å². The molecule has 0 saturated heterocycles. The van der Waals surface area contributed by atoms with Crippen LogP contribution in [0.4, 0.5) is 0 Å². The van der Waals surface area contributed by atoms with Gasteiger partial charge in [0, 0.05) is 7.11 Å². The fraction of sp³-hybridized carbons (Fsp3) is 0.500. The molecule has 84 valence electrons. The number of aryl methyl sites for hydroxylation is 1. The summed E-state index contributed by atoms with van der Waals surface area (Å²) in [6, 6.07) is 7.98. The van der Waals surface area contributed by atoms with E-state index in [1.807, 2.05) is 31.2 Å². The maximum atomic E-state index is 5.61. The van der Waals surface area contributed by atoms with Crippen LogP contribution in [-0.4, -0.2) is 26.4 Å². The second kappa shape index (κ2) is 6.43. The van der Waals surface area contributed by atoms with Crippen molar-refractivity contribution in [2.24, 2.45) is 5.73 Å². The van der Waals surface area contributed by atoms with Gasteiger partial charge in [0.1, 0.15) is 12.4 Å². The van der Waals surface area contributed by atoms with Gasteiger partial charge in [-0.15, -0.1) is 0 Å². The predicted octanol–water partition coefficient (Wildman–Crippen LogP) is 1.74. The number of hydrogen-bond acceptors (Lipinski definition) is 3. The minimum Gasteiger partial charge on any atom is -0.491 e. The van der Waals surface area contributed by atoms with Gasteiger partial charge in [-0.3, -0.25) is 0 Å². The van der Waals surface area contributed by atoms with Crippen molar-refractivity contribution in [1.29, 1.82) is 0 Å². The van der Waals surface area contributed by atoms with Crippen molar-refractivity contribution >= 4 is 0 Å². The largest absolute Gasteiger partial charge is 0.491 e. The van der Waals surface area contributed by atoms with Crippen molar-refractivity contribution in [2.45, 2.75) is 19.4 Å². The Morgan fingerprint density at radius 1 is 1.40 bits per heavy atom. The van der Waals surface area contributed by atoms with Crippen LogP contribution in [0.25, 0.3) is 0 Å². The zero-order chi connectivity index (χ0) is 11.1. The summed E-state index contributed by atoms with van der Waals surface area (Å²) in [5.41, 5.74) is 6.66. The van der Waals surface area contributed by atoms with Crippen molar-refractivity contribution in [3.05, 3.63) is 29.8 Å². The third-order valence-electron chi connectivity index (χ3n) is 2.25. The molecule has 2 N–H and O–H groups in total. The summed E-state index contributed by atoms with van der Waals surface area (Å²) in [7, 11) is 1.68. The smallest absolute Gasteiger partial charge is 0.119 e. The van der Waals surface area contributed by atoms with Crippen LogP contribution in [0, 0.1) is 6.92 Å². The maximum Gasteiger partial charge on any atom is 0.119 e. The van der Waals surface area contributed by atoms with Crippen molar-refractivity contribution in [2.75, 3.05) is 20.3 Å². The molecule has 0 aliphatic rings. The summed E-state index contributed by atoms with van der Waals surface area (Å²) in [5.74, 6) is 0.883. The topological polar surface area (TPSA) is 44.5 Å². The molecular formula is C12H19NO2. The van der Waals surface area contributed by atoms with E-state index in [1.165, 1.54) is 5.56 Å². The molecule has 3 heteroatoms. The summed E-state index contributed by atoms with van der Waals surface area (Å²) in [5, 5.41) is 0. The van der Waals surface area contributed by atoms with Gasteiger partial charge in [0.15, 0.2) is 0 Å². The Morgan fingerprint density at radius 3 is 2.80 bits per heavy atom. The first-order chi connectivity index (χ1) is 7.26. The van der Waals surface area contributed by atoms with Crippen molar-refractivity contribution < 1.29 is 9.47 Å². The second-order valence-electron chi connectivity index (χ2n) is 3.56. The molecule has 1 unspecified atom stereocenters. The molecule has 0 aliphatic carbocycles. The van der Waals surface area contributed by atoms with E-state index in [0.717, 1.165) is 12.2 Å². The van der Waals surface area contributed by atoms with Crippen LogP contribution in [-0.2, 0) is 4.74 Å². The first-order valence-corrected chi connectivity index (χ1v) is 5.18. The Bertz CT molecular complexity index is 289. The lowest BCUT2D eigenvalue weighted by Gasteiger charge is -2.15. The van der Waals surface area contributed by atoms with E-state index in [0.29, 0.717) is 13.2 Å². The highest BCUT2D eigenvalue weighted by Gasteiger charge is 2.06. The van der Waals surface area contributed by atoms with Gasteiger partial charge in [0.2, 0.25) is 0 Å². The fourth-order valence-electron chi connectivity index (χ4n) is 1.35. The molecular weight excluding hydrogens is 190 g/mol. The lowest BCUT2D eigenvalue weighted by molar-refractivity contribution is 0.0538. The number of ether oxygens (including phenoxy) is 2. The predicted molar refractivity (Wildman–Crippen MR) is 61.1 cm³/mol. The third-order valence-corrected chi connectivity index (χ3v) is 2.25. The number of hydrogen-bond donors (Lipinski definition) is 1. The van der Waals surface area contributed by atoms with Gasteiger partial charge in [-0.05, 0) is 37.6 Å².